The fraction of sp³-hybridized carbons (Fsp3) is 0.538. The molecule has 374 valence electrons. The highest BCUT2D eigenvalue weighted by atomic mass is 31.2. The van der Waals surface area contributed by atoms with Crippen molar-refractivity contribution < 1.29 is 56.2 Å². The lowest BCUT2D eigenvalue weighted by atomic mass is 9.84. The smallest absolute Gasteiger partial charge is 0.475 e. The van der Waals surface area contributed by atoms with E-state index in [1.807, 2.05) is 27.7 Å². The summed E-state index contributed by atoms with van der Waals surface area (Å²) in [7, 11) is -4.72. The lowest BCUT2D eigenvalue weighted by Gasteiger charge is -2.48. The third-order valence-corrected chi connectivity index (χ3v) is 15.7. The highest BCUT2D eigenvalue weighted by molar-refractivity contribution is 7.48. The summed E-state index contributed by atoms with van der Waals surface area (Å²) in [5.74, 6) is 1.30. The van der Waals surface area contributed by atoms with Crippen molar-refractivity contribution in [1.82, 2.24) is 14.7 Å². The molecule has 3 fully saturated rings. The number of carbonyl (C=O) groups is 3. The second-order valence-electron chi connectivity index (χ2n) is 20.3. The molecule has 19 heteroatoms. The van der Waals surface area contributed by atoms with Crippen molar-refractivity contribution in [2.45, 2.75) is 133 Å². The summed E-state index contributed by atoms with van der Waals surface area (Å²) in [6, 6.07) is 15.4. The number of rotatable bonds is 15. The van der Waals surface area contributed by atoms with Crippen molar-refractivity contribution in [2.24, 2.45) is 0 Å². The Labute approximate surface area is 414 Å². The van der Waals surface area contributed by atoms with Gasteiger partial charge in [0.1, 0.15) is 52.4 Å². The number of hydrogen-bond donors (Lipinski definition) is 0. The van der Waals surface area contributed by atoms with Gasteiger partial charge >= 0.3 is 7.82 Å². The molecular formula is C52H59N6O12P. The average Bonchev–Trinajstić information content (AvgIpc) is 4.09. The van der Waals surface area contributed by atoms with Crippen LogP contribution in [0.1, 0.15) is 120 Å². The zero-order valence-corrected chi connectivity index (χ0v) is 41.8. The van der Waals surface area contributed by atoms with Crippen LogP contribution < -0.4 is 14.2 Å². The molecule has 6 heterocycles. The number of benzene rings is 3. The van der Waals surface area contributed by atoms with Crippen LogP contribution >= 0.6 is 7.82 Å². The van der Waals surface area contributed by atoms with Crippen LogP contribution in [-0.2, 0) is 42.0 Å². The third-order valence-electron chi connectivity index (χ3n) is 14.2. The molecule has 3 aromatic rings. The minimum absolute atomic E-state index is 0.0451. The number of likely N-dealkylation sites (tertiary alicyclic amines) is 3. The maximum absolute atomic E-state index is 15.5. The molecule has 71 heavy (non-hydrogen) atoms. The number of nitrogens with zero attached hydrogens (tertiary/aromatic N) is 6. The first-order chi connectivity index (χ1) is 33.9. The SMILES string of the molecule is [C-]#[N+]c1ccc2c(c1)C(N1CCCC1=O)C(OCCOP(=O)(OCCOC1[C@H](N3CCCC3=O)c3cc(C#N)ccc3OC1(C)C)OC1C(N3CCCC3=O)c3cc([N+]#[C-])ccc3OC1(C)C)C(C)(C)O2. The Morgan fingerprint density at radius 3 is 1.37 bits per heavy atom. The van der Waals surface area contributed by atoms with E-state index in [2.05, 4.69) is 15.8 Å². The number of carbonyl (C=O) groups excluding carboxylic acids is 3. The molecular weight excluding hydrogens is 932 g/mol. The van der Waals surface area contributed by atoms with Crippen molar-refractivity contribution in [3.63, 3.8) is 0 Å². The fourth-order valence-electron chi connectivity index (χ4n) is 11.0. The van der Waals surface area contributed by atoms with Crippen LogP contribution in [-0.4, -0.2) is 114 Å². The molecule has 6 unspecified atom stereocenters. The molecule has 0 radical (unpaired) electrons. The number of phosphoric acid groups is 1. The molecule has 7 atom stereocenters. The van der Waals surface area contributed by atoms with Gasteiger partial charge in [-0.25, -0.2) is 14.3 Å². The molecule has 0 aliphatic carbocycles. The van der Waals surface area contributed by atoms with E-state index < -0.39 is 61.1 Å². The van der Waals surface area contributed by atoms with Crippen LogP contribution in [0.4, 0.5) is 11.4 Å². The maximum atomic E-state index is 15.5. The van der Waals surface area contributed by atoms with Gasteiger partial charge in [-0.15, -0.1) is 0 Å². The molecule has 3 amide bonds. The molecule has 18 nitrogen and oxygen atoms in total. The summed E-state index contributed by atoms with van der Waals surface area (Å²) in [5, 5.41) is 9.81. The Kier molecular flexibility index (Phi) is 13.7. The first-order valence-electron chi connectivity index (χ1n) is 24.2. The van der Waals surface area contributed by atoms with Gasteiger partial charge in [-0.3, -0.25) is 28.0 Å². The minimum Gasteiger partial charge on any atom is -0.485 e. The average molecular weight is 991 g/mol. The van der Waals surface area contributed by atoms with Gasteiger partial charge in [-0.2, -0.15) is 5.26 Å². The zero-order chi connectivity index (χ0) is 50.5. The Balaban J connectivity index is 1.00. The molecule has 0 bridgehead atoms. The molecule has 3 saturated heterocycles. The van der Waals surface area contributed by atoms with Gasteiger partial charge in [0.25, 0.3) is 0 Å². The van der Waals surface area contributed by atoms with E-state index in [-0.39, 0.29) is 44.1 Å². The number of fused-ring (bicyclic) bond motifs is 3. The number of nitriles is 1. The topological polar surface area (TPSA) is 184 Å². The normalized spacial score (nSPS) is 26.7. The van der Waals surface area contributed by atoms with Gasteiger partial charge in [-0.1, -0.05) is 12.1 Å². The van der Waals surface area contributed by atoms with Crippen molar-refractivity contribution in [3.8, 4) is 23.3 Å². The Bertz CT molecular complexity index is 2650. The highest BCUT2D eigenvalue weighted by Gasteiger charge is 2.54. The van der Waals surface area contributed by atoms with E-state index in [0.717, 1.165) is 0 Å². The van der Waals surface area contributed by atoms with Crippen molar-refractivity contribution >= 4 is 36.9 Å². The predicted molar refractivity (Wildman–Crippen MR) is 256 cm³/mol. The van der Waals surface area contributed by atoms with Crippen LogP contribution in [0.25, 0.3) is 9.69 Å². The van der Waals surface area contributed by atoms with Gasteiger partial charge < -0.3 is 38.4 Å². The summed E-state index contributed by atoms with van der Waals surface area (Å²) in [6.07, 6.45) is 0.279. The van der Waals surface area contributed by atoms with Gasteiger partial charge in [0.2, 0.25) is 17.7 Å². The zero-order valence-electron chi connectivity index (χ0n) is 40.9. The molecule has 9 rings (SSSR count). The second-order valence-corrected chi connectivity index (χ2v) is 21.9. The second kappa shape index (κ2) is 19.5. The largest absolute Gasteiger partial charge is 0.485 e. The highest BCUT2D eigenvalue weighted by Crippen LogP contribution is 2.57. The van der Waals surface area contributed by atoms with Crippen LogP contribution in [0.2, 0.25) is 0 Å². The molecule has 6 aliphatic rings. The first kappa shape index (κ1) is 49.9. The van der Waals surface area contributed by atoms with Crippen LogP contribution in [0.5, 0.6) is 17.2 Å². The number of hydrogen-bond acceptors (Lipinski definition) is 13. The summed E-state index contributed by atoms with van der Waals surface area (Å²) in [5.41, 5.74) is -0.275. The van der Waals surface area contributed by atoms with Gasteiger partial charge in [0, 0.05) is 55.6 Å². The van der Waals surface area contributed by atoms with Crippen LogP contribution in [0, 0.1) is 24.5 Å². The maximum Gasteiger partial charge on any atom is 0.475 e. The monoisotopic (exact) mass is 990 g/mol. The molecule has 3 aromatic carbocycles. The fourth-order valence-corrected chi connectivity index (χ4v) is 12.4. The van der Waals surface area contributed by atoms with E-state index in [4.69, 9.17) is 50.4 Å². The standard InChI is InChI=1S/C52H59N6O12P/c1-50(2)47(44(56-21-9-12-41(56)59)35-28-32(31-53)15-18-38(35)67-50)63-24-26-65-71(62,70-49-46(58-23-11-14-43(58)61)37-30-34(55-8)17-20-40(37)69-52(49,5)6)66-27-25-64-48-45(57-22-10-13-42(57)60)36-29-33(54-7)16-19-39(36)68-51(48,3)4/h15-20,28-30,44-49H,9-14,21-27H2,1-6H3/t44-,45?,46?,47?,48?,49?,71?/m1/s1. The molecule has 0 aromatic heterocycles. The quantitative estimate of drug-likeness (QED) is 0.0800. The Morgan fingerprint density at radius 2 is 0.986 bits per heavy atom. The summed E-state index contributed by atoms with van der Waals surface area (Å²) in [6.45, 7) is 26.8. The van der Waals surface area contributed by atoms with Gasteiger partial charge in [0.05, 0.1) is 69.3 Å². The van der Waals surface area contributed by atoms with E-state index in [1.165, 1.54) is 0 Å². The summed E-state index contributed by atoms with van der Waals surface area (Å²) in [4.78, 5) is 52.8. The van der Waals surface area contributed by atoms with E-state index in [1.54, 1.807) is 83.1 Å². The lowest BCUT2D eigenvalue weighted by molar-refractivity contribution is -0.152. The van der Waals surface area contributed by atoms with E-state index in [9.17, 15) is 19.6 Å². The van der Waals surface area contributed by atoms with Crippen molar-refractivity contribution in [1.29, 1.82) is 5.26 Å². The number of phosphoric ester groups is 1. The van der Waals surface area contributed by atoms with Gasteiger partial charge in [0.15, 0.2) is 11.4 Å². The third kappa shape index (κ3) is 9.72. The molecule has 6 aliphatic heterocycles. The summed E-state index contributed by atoms with van der Waals surface area (Å²) < 4.78 is 67.2. The summed E-state index contributed by atoms with van der Waals surface area (Å²) >= 11 is 0. The Morgan fingerprint density at radius 1 is 0.606 bits per heavy atom. The molecule has 0 N–H and O–H groups in total. The van der Waals surface area contributed by atoms with Crippen molar-refractivity contribution in [3.05, 3.63) is 99.7 Å². The van der Waals surface area contributed by atoms with Crippen LogP contribution in [0.15, 0.2) is 54.6 Å². The van der Waals surface area contributed by atoms with E-state index >= 15 is 4.57 Å². The van der Waals surface area contributed by atoms with Crippen LogP contribution in [0.3, 0.4) is 0 Å². The van der Waals surface area contributed by atoms with Gasteiger partial charge in [-0.05, 0) is 103 Å². The first-order valence-corrected chi connectivity index (χ1v) is 25.7. The predicted octanol–water partition coefficient (Wildman–Crippen LogP) is 8.86. The lowest BCUT2D eigenvalue weighted by Crippen LogP contribution is -2.55. The van der Waals surface area contributed by atoms with E-state index in [0.29, 0.717) is 109 Å². The number of amides is 3. The van der Waals surface area contributed by atoms with Crippen molar-refractivity contribution in [2.75, 3.05) is 46.1 Å². The minimum atomic E-state index is -4.72. The Hall–Kier alpha value is -6.03. The molecule has 0 saturated carbocycles. The molecule has 0 spiro atoms. The number of ether oxygens (including phenoxy) is 5.